The third kappa shape index (κ3) is 1.71. The zero-order valence-corrected chi connectivity index (χ0v) is 10.7. The molecular weight excluding hydrogens is 307 g/mol. The van der Waals surface area contributed by atoms with Gasteiger partial charge in [-0.15, -0.1) is 0 Å². The van der Waals surface area contributed by atoms with Gasteiger partial charge in [0.05, 0.1) is 10.0 Å². The largest absolute Gasteiger partial charge is 0.486 e. The monoisotopic (exact) mass is 314 g/mol. The molecule has 0 unspecified atom stereocenters. The third-order valence-corrected chi connectivity index (χ3v) is 3.27. The Morgan fingerprint density at radius 3 is 2.78 bits per heavy atom. The molecule has 5 nitrogen and oxygen atoms in total. The number of nitrogens with two attached hydrogens (primary N) is 1. The number of fused-ring (bicyclic) bond motifs is 1. The second-order valence-corrected chi connectivity index (χ2v) is 4.48. The molecule has 1 aliphatic rings. The number of anilines is 1. The molecule has 0 fully saturated rings. The van der Waals surface area contributed by atoms with Crippen LogP contribution in [0.15, 0.2) is 21.1 Å². The first-order valence-corrected chi connectivity index (χ1v) is 5.96. The van der Waals surface area contributed by atoms with Gasteiger partial charge >= 0.3 is 0 Å². The summed E-state index contributed by atoms with van der Waals surface area (Å²) >= 11 is 3.30. The van der Waals surface area contributed by atoms with Crippen LogP contribution in [0.4, 0.5) is 10.3 Å². The van der Waals surface area contributed by atoms with E-state index in [4.69, 9.17) is 19.7 Å². The van der Waals surface area contributed by atoms with E-state index in [0.29, 0.717) is 34.9 Å². The number of rotatable bonds is 1. The van der Waals surface area contributed by atoms with Crippen LogP contribution in [-0.4, -0.2) is 18.4 Å². The minimum atomic E-state index is -0.487. The van der Waals surface area contributed by atoms with Gasteiger partial charge in [0.2, 0.25) is 5.88 Å². The molecule has 2 heterocycles. The molecule has 1 aromatic carbocycles. The maximum atomic E-state index is 14.0. The van der Waals surface area contributed by atoms with Gasteiger partial charge in [0, 0.05) is 12.1 Å². The fourth-order valence-corrected chi connectivity index (χ4v) is 2.46. The van der Waals surface area contributed by atoms with Gasteiger partial charge in [0.1, 0.15) is 24.7 Å². The highest BCUT2D eigenvalue weighted by molar-refractivity contribution is 9.10. The Bertz CT molecular complexity index is 615. The maximum absolute atomic E-state index is 14.0. The van der Waals surface area contributed by atoms with Gasteiger partial charge < -0.3 is 19.7 Å². The van der Waals surface area contributed by atoms with Crippen LogP contribution >= 0.6 is 15.9 Å². The number of nitrogen functional groups attached to an aromatic ring is 1. The molecule has 94 valence electrons. The van der Waals surface area contributed by atoms with E-state index in [2.05, 4.69) is 21.1 Å². The third-order valence-electron chi connectivity index (χ3n) is 2.51. The first-order chi connectivity index (χ1) is 8.66. The van der Waals surface area contributed by atoms with Crippen LogP contribution in [0.3, 0.4) is 0 Å². The summed E-state index contributed by atoms with van der Waals surface area (Å²) in [6, 6.07) is 2.71. The van der Waals surface area contributed by atoms with Crippen molar-refractivity contribution in [1.29, 1.82) is 0 Å². The molecule has 0 spiro atoms. The van der Waals surface area contributed by atoms with E-state index in [9.17, 15) is 4.39 Å². The summed E-state index contributed by atoms with van der Waals surface area (Å²) in [5.74, 6) is 0.454. The molecule has 1 aromatic heterocycles. The lowest BCUT2D eigenvalue weighted by Crippen LogP contribution is -2.16. The molecule has 0 aliphatic carbocycles. The predicted molar refractivity (Wildman–Crippen MR) is 65.0 cm³/mol. The fourth-order valence-electron chi connectivity index (χ4n) is 1.76. The quantitative estimate of drug-likeness (QED) is 0.876. The van der Waals surface area contributed by atoms with Gasteiger partial charge in [-0.05, 0) is 15.9 Å². The Morgan fingerprint density at radius 1 is 1.28 bits per heavy atom. The normalized spacial score (nSPS) is 13.7. The molecule has 0 radical (unpaired) electrons. The fraction of sp³-hybridized carbons (Fsp3) is 0.182. The number of benzene rings is 1. The van der Waals surface area contributed by atoms with Crippen LogP contribution in [0.1, 0.15) is 0 Å². The smallest absolute Gasteiger partial charge is 0.222 e. The topological polar surface area (TPSA) is 70.5 Å². The maximum Gasteiger partial charge on any atom is 0.222 e. The van der Waals surface area contributed by atoms with Crippen LogP contribution in [0.5, 0.6) is 11.5 Å². The number of aromatic nitrogens is 1. The van der Waals surface area contributed by atoms with Gasteiger partial charge in [-0.3, -0.25) is 0 Å². The summed E-state index contributed by atoms with van der Waals surface area (Å²) in [5.41, 5.74) is 5.97. The van der Waals surface area contributed by atoms with E-state index in [1.54, 1.807) is 0 Å². The lowest BCUT2D eigenvalue weighted by atomic mass is 10.1. The lowest BCUT2D eigenvalue weighted by Gasteiger charge is -2.20. The molecule has 0 saturated carbocycles. The van der Waals surface area contributed by atoms with E-state index < -0.39 is 5.82 Å². The molecule has 0 saturated heterocycles. The second kappa shape index (κ2) is 4.16. The van der Waals surface area contributed by atoms with E-state index in [1.165, 1.54) is 12.1 Å². The second-order valence-electron chi connectivity index (χ2n) is 3.69. The molecule has 0 amide bonds. The summed E-state index contributed by atoms with van der Waals surface area (Å²) < 4.78 is 30.0. The van der Waals surface area contributed by atoms with Crippen molar-refractivity contribution in [3.63, 3.8) is 0 Å². The van der Waals surface area contributed by atoms with Crippen molar-refractivity contribution in [3.05, 3.63) is 22.4 Å². The standard InChI is InChI=1S/C11H8BrFN2O3/c12-10-9(6-4-8(14)18-15-6)5(13)3-7-11(10)17-2-1-16-7/h3-4H,1-2,14H2. The summed E-state index contributed by atoms with van der Waals surface area (Å²) in [7, 11) is 0. The Balaban J connectivity index is 2.20. The number of ether oxygens (including phenoxy) is 2. The highest BCUT2D eigenvalue weighted by Crippen LogP contribution is 2.45. The van der Waals surface area contributed by atoms with Gasteiger partial charge in [-0.25, -0.2) is 4.39 Å². The van der Waals surface area contributed by atoms with Gasteiger partial charge in [-0.2, -0.15) is 0 Å². The first kappa shape index (κ1) is 11.3. The van der Waals surface area contributed by atoms with Crippen LogP contribution in [-0.2, 0) is 0 Å². The summed E-state index contributed by atoms with van der Waals surface area (Å²) in [6.07, 6.45) is 0. The van der Waals surface area contributed by atoms with Crippen LogP contribution in [0, 0.1) is 5.82 Å². The SMILES string of the molecule is Nc1cc(-c2c(F)cc3c(c2Br)OCCO3)no1. The van der Waals surface area contributed by atoms with Crippen molar-refractivity contribution in [2.24, 2.45) is 0 Å². The van der Waals surface area contributed by atoms with Crippen molar-refractivity contribution in [2.75, 3.05) is 18.9 Å². The highest BCUT2D eigenvalue weighted by Gasteiger charge is 2.24. The van der Waals surface area contributed by atoms with Crippen molar-refractivity contribution in [2.45, 2.75) is 0 Å². The molecule has 18 heavy (non-hydrogen) atoms. The average Bonchev–Trinajstić information content (AvgIpc) is 2.76. The minimum absolute atomic E-state index is 0.117. The minimum Gasteiger partial charge on any atom is -0.486 e. The summed E-state index contributed by atoms with van der Waals surface area (Å²) in [6.45, 7) is 0.812. The molecule has 2 N–H and O–H groups in total. The van der Waals surface area contributed by atoms with E-state index in [1.807, 2.05) is 0 Å². The Kier molecular flexibility index (Phi) is 2.62. The van der Waals surface area contributed by atoms with Crippen molar-refractivity contribution >= 4 is 21.8 Å². The molecule has 2 aromatic rings. The number of hydrogen-bond acceptors (Lipinski definition) is 5. The summed E-state index contributed by atoms with van der Waals surface area (Å²) in [4.78, 5) is 0. The van der Waals surface area contributed by atoms with E-state index >= 15 is 0 Å². The summed E-state index contributed by atoms with van der Waals surface area (Å²) in [5, 5.41) is 3.69. The number of halogens is 2. The zero-order valence-electron chi connectivity index (χ0n) is 9.07. The number of hydrogen-bond donors (Lipinski definition) is 1. The Hall–Kier alpha value is -1.76. The van der Waals surface area contributed by atoms with Crippen LogP contribution in [0.2, 0.25) is 0 Å². The Labute approximate surface area is 110 Å². The van der Waals surface area contributed by atoms with Crippen molar-refractivity contribution in [1.82, 2.24) is 5.16 Å². The molecule has 3 rings (SSSR count). The molecule has 0 bridgehead atoms. The molecule has 1 aliphatic heterocycles. The highest BCUT2D eigenvalue weighted by atomic mass is 79.9. The molecule has 0 atom stereocenters. The molecular formula is C11H8BrFN2O3. The lowest BCUT2D eigenvalue weighted by molar-refractivity contribution is 0.169. The zero-order chi connectivity index (χ0) is 12.7. The number of nitrogens with zero attached hydrogens (tertiary/aromatic N) is 1. The Morgan fingerprint density at radius 2 is 2.06 bits per heavy atom. The van der Waals surface area contributed by atoms with Crippen LogP contribution < -0.4 is 15.2 Å². The predicted octanol–water partition coefficient (Wildman–Crippen LogP) is 2.60. The van der Waals surface area contributed by atoms with Gasteiger partial charge in [0.25, 0.3) is 0 Å². The van der Waals surface area contributed by atoms with Crippen LogP contribution in [0.25, 0.3) is 11.3 Å². The molecule has 7 heteroatoms. The van der Waals surface area contributed by atoms with E-state index in [-0.39, 0.29) is 11.4 Å². The van der Waals surface area contributed by atoms with E-state index in [0.717, 1.165) is 0 Å². The average molecular weight is 315 g/mol. The van der Waals surface area contributed by atoms with Crippen molar-refractivity contribution in [3.8, 4) is 22.8 Å². The van der Waals surface area contributed by atoms with Crippen molar-refractivity contribution < 1.29 is 18.4 Å². The van der Waals surface area contributed by atoms with Gasteiger partial charge in [-0.1, -0.05) is 5.16 Å². The first-order valence-electron chi connectivity index (χ1n) is 5.17. The van der Waals surface area contributed by atoms with Gasteiger partial charge in [0.15, 0.2) is 11.5 Å².